The van der Waals surface area contributed by atoms with Crippen molar-refractivity contribution in [2.75, 3.05) is 6.61 Å². The van der Waals surface area contributed by atoms with Crippen molar-refractivity contribution >= 4 is 17.9 Å². The Balaban J connectivity index is 1.31. The predicted molar refractivity (Wildman–Crippen MR) is 149 cm³/mol. The molecule has 3 fully saturated rings. The van der Waals surface area contributed by atoms with Gasteiger partial charge < -0.3 is 28.4 Å². The number of carbonyl (C=O) groups is 3. The molecule has 1 aliphatic carbocycles. The van der Waals surface area contributed by atoms with Crippen LogP contribution < -0.4 is 0 Å². The highest BCUT2D eigenvalue weighted by Crippen LogP contribution is 2.39. The lowest BCUT2D eigenvalue weighted by atomic mass is 9.91. The van der Waals surface area contributed by atoms with Crippen LogP contribution in [0.5, 0.6) is 0 Å². The first-order chi connectivity index (χ1) is 20.6. The van der Waals surface area contributed by atoms with Gasteiger partial charge in [-0.1, -0.05) is 67.4 Å². The van der Waals surface area contributed by atoms with Crippen molar-refractivity contribution in [2.24, 2.45) is 0 Å². The van der Waals surface area contributed by atoms with E-state index in [0.29, 0.717) is 16.7 Å². The summed E-state index contributed by atoms with van der Waals surface area (Å²) in [4.78, 5) is 39.5. The Kier molecular flexibility index (Phi) is 8.60. The predicted octanol–water partition coefficient (Wildman–Crippen LogP) is 4.75. The van der Waals surface area contributed by atoms with E-state index in [9.17, 15) is 14.4 Å². The second-order valence-corrected chi connectivity index (χ2v) is 10.6. The maximum Gasteiger partial charge on any atom is 0.338 e. The summed E-state index contributed by atoms with van der Waals surface area (Å²) < 4.78 is 36.8. The van der Waals surface area contributed by atoms with Crippen molar-refractivity contribution in [3.05, 3.63) is 108 Å². The fraction of sp³-hybridized carbons (Fsp3) is 0.364. The van der Waals surface area contributed by atoms with E-state index in [0.717, 1.165) is 25.7 Å². The molecule has 42 heavy (non-hydrogen) atoms. The molecule has 2 aliphatic heterocycles. The smallest absolute Gasteiger partial charge is 0.338 e. The average Bonchev–Trinajstić information content (AvgIpc) is 3.05. The molecule has 218 valence electrons. The molecule has 0 unspecified atom stereocenters. The monoisotopic (exact) mass is 572 g/mol. The van der Waals surface area contributed by atoms with Gasteiger partial charge in [0.15, 0.2) is 18.5 Å². The van der Waals surface area contributed by atoms with E-state index >= 15 is 0 Å². The van der Waals surface area contributed by atoms with Gasteiger partial charge in [0.25, 0.3) is 0 Å². The number of benzene rings is 3. The van der Waals surface area contributed by atoms with E-state index in [2.05, 4.69) is 0 Å². The van der Waals surface area contributed by atoms with Gasteiger partial charge >= 0.3 is 17.9 Å². The molecular formula is C33H32O9. The van der Waals surface area contributed by atoms with Crippen LogP contribution in [-0.4, -0.2) is 67.4 Å². The molecule has 0 aromatic heterocycles. The third-order valence-corrected chi connectivity index (χ3v) is 7.77. The van der Waals surface area contributed by atoms with Crippen molar-refractivity contribution in [1.82, 2.24) is 0 Å². The van der Waals surface area contributed by atoms with E-state index in [1.807, 2.05) is 0 Å². The summed E-state index contributed by atoms with van der Waals surface area (Å²) in [5.74, 6) is -1.83. The lowest BCUT2D eigenvalue weighted by molar-refractivity contribution is -0.368. The van der Waals surface area contributed by atoms with Crippen molar-refractivity contribution < 1.29 is 42.8 Å². The number of rotatable bonds is 7. The van der Waals surface area contributed by atoms with Crippen molar-refractivity contribution in [3.63, 3.8) is 0 Å². The Morgan fingerprint density at radius 3 is 1.62 bits per heavy atom. The zero-order valence-electron chi connectivity index (χ0n) is 22.9. The number of ether oxygens (including phenoxy) is 6. The van der Waals surface area contributed by atoms with Crippen LogP contribution in [0.4, 0.5) is 0 Å². The van der Waals surface area contributed by atoms with E-state index in [-0.39, 0.29) is 18.8 Å². The Labute approximate surface area is 243 Å². The summed E-state index contributed by atoms with van der Waals surface area (Å²) in [5, 5.41) is 0. The fourth-order valence-electron chi connectivity index (χ4n) is 5.64. The van der Waals surface area contributed by atoms with E-state index in [4.69, 9.17) is 28.4 Å². The van der Waals surface area contributed by atoms with Gasteiger partial charge in [0, 0.05) is 0 Å². The first kappa shape index (κ1) is 28.1. The number of esters is 3. The second kappa shape index (κ2) is 12.9. The Hall–Kier alpha value is -4.05. The highest BCUT2D eigenvalue weighted by molar-refractivity contribution is 5.91. The lowest BCUT2D eigenvalue weighted by Crippen LogP contribution is -2.67. The van der Waals surface area contributed by atoms with Crippen LogP contribution in [0.1, 0.15) is 56.8 Å². The normalized spacial score (nSPS) is 28.4. The fourth-order valence-corrected chi connectivity index (χ4v) is 5.64. The van der Waals surface area contributed by atoms with Crippen LogP contribution in [-0.2, 0) is 28.4 Å². The van der Waals surface area contributed by atoms with Crippen molar-refractivity contribution in [2.45, 2.75) is 68.6 Å². The van der Waals surface area contributed by atoms with Crippen LogP contribution >= 0.6 is 0 Å². The largest absolute Gasteiger partial charge is 0.459 e. The Morgan fingerprint density at radius 2 is 1.07 bits per heavy atom. The van der Waals surface area contributed by atoms with E-state index in [1.54, 1.807) is 91.0 Å². The van der Waals surface area contributed by atoms with Crippen molar-refractivity contribution in [3.8, 4) is 0 Å². The van der Waals surface area contributed by atoms with Gasteiger partial charge in [-0.15, -0.1) is 0 Å². The molecule has 1 saturated carbocycles. The lowest BCUT2D eigenvalue weighted by Gasteiger charge is -2.51. The van der Waals surface area contributed by atoms with Crippen LogP contribution in [0.3, 0.4) is 0 Å². The molecule has 0 amide bonds. The van der Waals surface area contributed by atoms with Crippen LogP contribution in [0, 0.1) is 0 Å². The molecule has 0 N–H and O–H groups in total. The van der Waals surface area contributed by atoms with Crippen LogP contribution in [0.25, 0.3) is 0 Å². The number of hydrogen-bond donors (Lipinski definition) is 0. The SMILES string of the molecule is O=C(OC[C@H]1O[C@H]2O[C@@H]3CCCC[C@@H]3O[C@H]2[C@@H](OC(=O)c2ccccc2)[C@@H]1OC(=O)c1ccccc1)c1ccccc1. The van der Waals surface area contributed by atoms with Gasteiger partial charge in [0.2, 0.25) is 0 Å². The summed E-state index contributed by atoms with van der Waals surface area (Å²) >= 11 is 0. The maximum atomic E-state index is 13.3. The third-order valence-electron chi connectivity index (χ3n) is 7.77. The Bertz CT molecular complexity index is 1360. The molecule has 0 bridgehead atoms. The first-order valence-electron chi connectivity index (χ1n) is 14.3. The molecule has 9 nitrogen and oxygen atoms in total. The quantitative estimate of drug-likeness (QED) is 0.293. The second-order valence-electron chi connectivity index (χ2n) is 10.6. The minimum atomic E-state index is -1.17. The molecule has 3 aliphatic rings. The summed E-state index contributed by atoms with van der Waals surface area (Å²) in [5.41, 5.74) is 0.993. The van der Waals surface area contributed by atoms with Crippen molar-refractivity contribution in [1.29, 1.82) is 0 Å². The molecule has 0 spiro atoms. The standard InChI is InChI=1S/C33H32O9/c34-30(21-12-4-1-5-13-21)37-20-26-27(41-31(35)22-14-6-2-7-15-22)28(42-32(36)23-16-8-3-9-17-23)29-33(40-26)39-25-19-11-10-18-24(25)38-29/h1-9,12-17,24-29,33H,10-11,18-20H2/t24-,25+,26+,27+,28-,29-,33+/m0/s1. The molecule has 2 saturated heterocycles. The minimum Gasteiger partial charge on any atom is -0.459 e. The topological polar surface area (TPSA) is 107 Å². The van der Waals surface area contributed by atoms with Gasteiger partial charge in [0.05, 0.1) is 28.9 Å². The molecule has 2 heterocycles. The third kappa shape index (κ3) is 6.23. The molecule has 3 aromatic rings. The zero-order valence-corrected chi connectivity index (χ0v) is 22.9. The summed E-state index contributed by atoms with van der Waals surface area (Å²) in [7, 11) is 0. The molecule has 7 atom stereocenters. The molecule has 9 heteroatoms. The maximum absolute atomic E-state index is 13.3. The highest BCUT2D eigenvalue weighted by Gasteiger charge is 2.56. The highest BCUT2D eigenvalue weighted by atomic mass is 16.8. The van der Waals surface area contributed by atoms with Gasteiger partial charge in [-0.3, -0.25) is 0 Å². The van der Waals surface area contributed by atoms with E-state index in [1.165, 1.54) is 0 Å². The van der Waals surface area contributed by atoms with Crippen LogP contribution in [0.15, 0.2) is 91.0 Å². The summed E-state index contributed by atoms with van der Waals surface area (Å²) in [6.45, 7) is -0.277. The zero-order chi connectivity index (χ0) is 28.9. The van der Waals surface area contributed by atoms with Gasteiger partial charge in [-0.2, -0.15) is 0 Å². The Morgan fingerprint density at radius 1 is 0.595 bits per heavy atom. The van der Waals surface area contributed by atoms with Gasteiger partial charge in [0.1, 0.15) is 18.8 Å². The van der Waals surface area contributed by atoms with Crippen LogP contribution in [0.2, 0.25) is 0 Å². The van der Waals surface area contributed by atoms with Gasteiger partial charge in [-0.05, 0) is 49.2 Å². The molecule has 6 rings (SSSR count). The first-order valence-corrected chi connectivity index (χ1v) is 14.3. The molecule has 0 radical (unpaired) electrons. The molecular weight excluding hydrogens is 540 g/mol. The summed E-state index contributed by atoms with van der Waals surface area (Å²) in [6, 6.07) is 25.5. The van der Waals surface area contributed by atoms with E-state index < -0.39 is 48.6 Å². The minimum absolute atomic E-state index is 0.179. The van der Waals surface area contributed by atoms with Gasteiger partial charge in [-0.25, -0.2) is 14.4 Å². The summed E-state index contributed by atoms with van der Waals surface area (Å²) in [6.07, 6.45) is -1.87. The number of hydrogen-bond acceptors (Lipinski definition) is 9. The number of carbonyl (C=O) groups excluding carboxylic acids is 3. The average molecular weight is 573 g/mol. The number of fused-ring (bicyclic) bond motifs is 2. The molecule has 3 aromatic carbocycles.